The summed E-state index contributed by atoms with van der Waals surface area (Å²) in [6.07, 6.45) is 0. The Balaban J connectivity index is 1.24. The Morgan fingerprint density at radius 1 is 0.378 bits per heavy atom. The van der Waals surface area contributed by atoms with Gasteiger partial charge in [-0.15, -0.1) is 0 Å². The van der Waals surface area contributed by atoms with E-state index in [0.29, 0.717) is 5.56 Å². The van der Waals surface area contributed by atoms with Crippen molar-refractivity contribution in [3.63, 3.8) is 0 Å². The van der Waals surface area contributed by atoms with E-state index >= 15 is 0 Å². The highest BCUT2D eigenvalue weighted by Crippen LogP contribution is 2.41. The number of hydrogen-bond donors (Lipinski definition) is 0. The standard InChI is InChI=1S/C44H31N/c1-2-12-32(13-3-1)36-18-8-19-37(30-36)33-26-28-39(29-27-33)45(44-25-11-17-35-15-5-7-23-43(35)44)40-21-9-20-38(31-40)42-24-10-16-34-14-4-6-22-41(34)42/h1-31H/i1D,2D,3D,12D,13D. The summed E-state index contributed by atoms with van der Waals surface area (Å²) in [5, 5.41) is 4.70. The largest absolute Gasteiger partial charge is 0.310 e. The fraction of sp³-hybridized carbons (Fsp3) is 0. The molecule has 0 N–H and O–H groups in total. The molecule has 0 amide bonds. The molecule has 0 saturated carbocycles. The summed E-state index contributed by atoms with van der Waals surface area (Å²) in [7, 11) is 0. The Labute approximate surface area is 271 Å². The van der Waals surface area contributed by atoms with Crippen LogP contribution in [-0.2, 0) is 0 Å². The van der Waals surface area contributed by atoms with Crippen molar-refractivity contribution in [1.82, 2.24) is 0 Å². The molecule has 0 spiro atoms. The molecule has 8 rings (SSSR count). The molecular formula is C44H31N. The molecule has 1 heteroatoms. The third kappa shape index (κ3) is 5.15. The van der Waals surface area contributed by atoms with Crippen LogP contribution >= 0.6 is 0 Å². The van der Waals surface area contributed by atoms with E-state index in [9.17, 15) is 0 Å². The maximum Gasteiger partial charge on any atom is 0.0629 e. The predicted octanol–water partition coefficient (Wildman–Crippen LogP) is 12.5. The van der Waals surface area contributed by atoms with Crippen LogP contribution in [0, 0.1) is 0 Å². The van der Waals surface area contributed by atoms with E-state index in [0.717, 1.165) is 44.5 Å². The average Bonchev–Trinajstić information content (AvgIpc) is 3.17. The normalized spacial score (nSPS) is 12.7. The lowest BCUT2D eigenvalue weighted by Gasteiger charge is -2.27. The van der Waals surface area contributed by atoms with Crippen LogP contribution in [0.15, 0.2) is 188 Å². The minimum atomic E-state index is -0.395. The number of benzene rings is 8. The molecule has 0 aromatic heterocycles. The topological polar surface area (TPSA) is 3.24 Å². The van der Waals surface area contributed by atoms with Crippen molar-refractivity contribution in [2.45, 2.75) is 0 Å². The maximum absolute atomic E-state index is 8.48. The van der Waals surface area contributed by atoms with Crippen molar-refractivity contribution in [3.05, 3.63) is 188 Å². The van der Waals surface area contributed by atoms with Crippen LogP contribution in [-0.4, -0.2) is 0 Å². The van der Waals surface area contributed by atoms with Crippen molar-refractivity contribution in [2.75, 3.05) is 4.90 Å². The summed E-state index contributed by atoms with van der Waals surface area (Å²) in [6, 6.07) is 52.8. The van der Waals surface area contributed by atoms with E-state index in [4.69, 9.17) is 6.85 Å². The lowest BCUT2D eigenvalue weighted by Crippen LogP contribution is -2.10. The molecule has 1 nitrogen and oxygen atoms in total. The van der Waals surface area contributed by atoms with Crippen molar-refractivity contribution in [2.24, 2.45) is 0 Å². The molecule has 0 fully saturated rings. The summed E-state index contributed by atoms with van der Waals surface area (Å²) in [5.41, 5.74) is 8.00. The number of hydrogen-bond acceptors (Lipinski definition) is 1. The van der Waals surface area contributed by atoms with E-state index < -0.39 is 6.04 Å². The van der Waals surface area contributed by atoms with Gasteiger partial charge in [0.2, 0.25) is 0 Å². The lowest BCUT2D eigenvalue weighted by molar-refractivity contribution is 1.30. The zero-order valence-corrected chi connectivity index (χ0v) is 24.5. The van der Waals surface area contributed by atoms with Gasteiger partial charge in [0.25, 0.3) is 0 Å². The molecular weight excluding hydrogens is 542 g/mol. The van der Waals surface area contributed by atoms with Crippen LogP contribution in [0.5, 0.6) is 0 Å². The van der Waals surface area contributed by atoms with Crippen molar-refractivity contribution in [1.29, 1.82) is 0 Å². The van der Waals surface area contributed by atoms with Gasteiger partial charge < -0.3 is 4.90 Å². The van der Waals surface area contributed by atoms with Crippen LogP contribution in [0.2, 0.25) is 0 Å². The Kier molecular flexibility index (Phi) is 5.62. The average molecular weight is 579 g/mol. The fourth-order valence-electron chi connectivity index (χ4n) is 6.17. The summed E-state index contributed by atoms with van der Waals surface area (Å²) >= 11 is 0. The van der Waals surface area contributed by atoms with Crippen LogP contribution in [0.1, 0.15) is 6.85 Å². The van der Waals surface area contributed by atoms with Crippen LogP contribution in [0.25, 0.3) is 54.9 Å². The molecule has 0 unspecified atom stereocenters. The highest BCUT2D eigenvalue weighted by Gasteiger charge is 2.17. The monoisotopic (exact) mass is 578 g/mol. The second kappa shape index (κ2) is 11.6. The van der Waals surface area contributed by atoms with E-state index in [1.54, 1.807) is 6.07 Å². The van der Waals surface area contributed by atoms with Gasteiger partial charge in [0.15, 0.2) is 0 Å². The Bertz CT molecular complexity index is 2520. The molecule has 0 aliphatic rings. The first-order valence-electron chi connectivity index (χ1n) is 17.5. The molecule has 0 heterocycles. The van der Waals surface area contributed by atoms with Crippen molar-refractivity contribution in [3.8, 4) is 33.4 Å². The summed E-state index contributed by atoms with van der Waals surface area (Å²) in [4.78, 5) is 2.30. The number of nitrogens with zero attached hydrogens (tertiary/aromatic N) is 1. The third-order valence-corrected chi connectivity index (χ3v) is 8.32. The smallest absolute Gasteiger partial charge is 0.0629 e. The minimum Gasteiger partial charge on any atom is -0.310 e. The first-order chi connectivity index (χ1) is 24.4. The van der Waals surface area contributed by atoms with Gasteiger partial charge in [-0.25, -0.2) is 0 Å². The van der Waals surface area contributed by atoms with Crippen LogP contribution < -0.4 is 4.90 Å². The third-order valence-electron chi connectivity index (χ3n) is 8.32. The fourth-order valence-corrected chi connectivity index (χ4v) is 6.17. The van der Waals surface area contributed by atoms with Crippen LogP contribution in [0.3, 0.4) is 0 Å². The predicted molar refractivity (Wildman–Crippen MR) is 192 cm³/mol. The minimum absolute atomic E-state index is 0.197. The first kappa shape index (κ1) is 21.7. The first-order valence-corrected chi connectivity index (χ1v) is 15.0. The number of rotatable bonds is 6. The summed E-state index contributed by atoms with van der Waals surface area (Å²) in [5.74, 6) is 0. The second-order valence-electron chi connectivity index (χ2n) is 11.0. The van der Waals surface area contributed by atoms with Gasteiger partial charge in [0.05, 0.1) is 12.5 Å². The highest BCUT2D eigenvalue weighted by molar-refractivity contribution is 6.01. The molecule has 212 valence electrons. The van der Waals surface area contributed by atoms with Gasteiger partial charge in [-0.3, -0.25) is 0 Å². The Morgan fingerprint density at radius 2 is 0.978 bits per heavy atom. The molecule has 8 aromatic rings. The molecule has 8 aromatic carbocycles. The van der Waals surface area contributed by atoms with E-state index in [1.165, 1.54) is 16.3 Å². The highest BCUT2D eigenvalue weighted by atomic mass is 15.1. The summed E-state index contributed by atoms with van der Waals surface area (Å²) in [6.45, 7) is 0. The van der Waals surface area contributed by atoms with Gasteiger partial charge in [0.1, 0.15) is 0 Å². The van der Waals surface area contributed by atoms with Crippen molar-refractivity contribution < 1.29 is 6.85 Å². The van der Waals surface area contributed by atoms with Gasteiger partial charge in [0, 0.05) is 16.8 Å². The molecule has 45 heavy (non-hydrogen) atoms. The molecule has 0 aliphatic carbocycles. The van der Waals surface area contributed by atoms with Gasteiger partial charge in [-0.1, -0.05) is 152 Å². The lowest BCUT2D eigenvalue weighted by atomic mass is 9.97. The molecule has 0 bridgehead atoms. The maximum atomic E-state index is 8.48. The van der Waals surface area contributed by atoms with E-state index in [1.807, 2.05) is 18.2 Å². The summed E-state index contributed by atoms with van der Waals surface area (Å²) < 4.78 is 41.2. The number of anilines is 3. The van der Waals surface area contributed by atoms with Gasteiger partial charge >= 0.3 is 0 Å². The van der Waals surface area contributed by atoms with E-state index in [-0.39, 0.29) is 29.7 Å². The van der Waals surface area contributed by atoms with Gasteiger partial charge in [-0.2, -0.15) is 0 Å². The molecule has 0 atom stereocenters. The zero-order chi connectivity index (χ0) is 34.4. The molecule has 0 aliphatic heterocycles. The quantitative estimate of drug-likeness (QED) is 0.190. The molecule has 0 radical (unpaired) electrons. The zero-order valence-electron chi connectivity index (χ0n) is 29.5. The second-order valence-corrected chi connectivity index (χ2v) is 11.0. The van der Waals surface area contributed by atoms with Gasteiger partial charge in [-0.05, 0) is 85.9 Å². The SMILES string of the molecule is [2H]c1c([2H])c([2H])c(-c2cccc(-c3ccc(N(c4cccc(-c5cccc6ccccc56)c4)c4cccc5ccccc45)cc3)c2)c([2H])c1[2H]. The Hall–Kier alpha value is -5.92. The Morgan fingerprint density at radius 3 is 1.78 bits per heavy atom. The van der Waals surface area contributed by atoms with Crippen molar-refractivity contribution >= 4 is 38.6 Å². The van der Waals surface area contributed by atoms with E-state index in [2.05, 4.69) is 138 Å². The number of fused-ring (bicyclic) bond motifs is 2. The van der Waals surface area contributed by atoms with Crippen LogP contribution in [0.4, 0.5) is 17.1 Å². The molecule has 0 saturated heterocycles.